The molecule has 0 spiro atoms. The van der Waals surface area contributed by atoms with Gasteiger partial charge in [-0.1, -0.05) is 30.1 Å². The van der Waals surface area contributed by atoms with E-state index in [1.165, 1.54) is 31.2 Å². The first-order chi connectivity index (χ1) is 20.3. The van der Waals surface area contributed by atoms with E-state index in [1.807, 2.05) is 4.90 Å². The van der Waals surface area contributed by atoms with E-state index in [4.69, 9.17) is 23.2 Å². The molecule has 2 N–H and O–H groups in total. The predicted octanol–water partition coefficient (Wildman–Crippen LogP) is 5.91. The quantitative estimate of drug-likeness (QED) is 0.329. The maximum absolute atomic E-state index is 14.3. The average Bonchev–Trinajstić information content (AvgIpc) is 2.96. The SMILES string of the molecule is CCS(=O)(=O)c1ccc(Cl)cc1CNC(=O)c1cc(Cl)c(CN2CCC[C@H](C(=O)CC3CCNCC3)C2)c(C(F)(F)F)c1. The van der Waals surface area contributed by atoms with Crippen molar-refractivity contribution in [2.24, 2.45) is 11.8 Å². The van der Waals surface area contributed by atoms with Crippen LogP contribution in [-0.2, 0) is 33.9 Å². The van der Waals surface area contributed by atoms with Gasteiger partial charge in [-0.15, -0.1) is 0 Å². The topological polar surface area (TPSA) is 95.6 Å². The van der Waals surface area contributed by atoms with E-state index in [2.05, 4.69) is 10.6 Å². The molecule has 2 aliphatic heterocycles. The van der Waals surface area contributed by atoms with Crippen molar-refractivity contribution in [2.75, 3.05) is 31.9 Å². The highest BCUT2D eigenvalue weighted by atomic mass is 35.5. The summed E-state index contributed by atoms with van der Waals surface area (Å²) in [6.45, 7) is 3.79. The number of hydrogen-bond donors (Lipinski definition) is 2. The van der Waals surface area contributed by atoms with Crippen molar-refractivity contribution in [2.45, 2.75) is 63.2 Å². The molecule has 0 saturated carbocycles. The molecule has 2 heterocycles. The van der Waals surface area contributed by atoms with Gasteiger partial charge in [-0.3, -0.25) is 14.5 Å². The van der Waals surface area contributed by atoms with E-state index in [0.29, 0.717) is 38.3 Å². The van der Waals surface area contributed by atoms with Crippen LogP contribution in [-0.4, -0.2) is 56.9 Å². The third-order valence-electron chi connectivity index (χ3n) is 8.23. The van der Waals surface area contributed by atoms with Crippen molar-refractivity contribution in [3.05, 3.63) is 62.6 Å². The van der Waals surface area contributed by atoms with E-state index in [9.17, 15) is 31.2 Å². The van der Waals surface area contributed by atoms with Crippen LogP contribution < -0.4 is 10.6 Å². The van der Waals surface area contributed by atoms with Crippen LogP contribution in [0.15, 0.2) is 35.2 Å². The molecular formula is C30H36Cl2F3N3O4S. The zero-order chi connectivity index (χ0) is 31.4. The van der Waals surface area contributed by atoms with Gasteiger partial charge in [0.25, 0.3) is 5.91 Å². The summed E-state index contributed by atoms with van der Waals surface area (Å²) in [4.78, 5) is 27.8. The van der Waals surface area contributed by atoms with Gasteiger partial charge in [0.05, 0.1) is 16.2 Å². The molecule has 2 aromatic carbocycles. The van der Waals surface area contributed by atoms with Gasteiger partial charge in [-0.2, -0.15) is 13.2 Å². The second kappa shape index (κ2) is 14.3. The number of carbonyl (C=O) groups is 2. The Morgan fingerprint density at radius 2 is 1.81 bits per heavy atom. The van der Waals surface area contributed by atoms with Crippen molar-refractivity contribution in [3.8, 4) is 0 Å². The third-order valence-corrected chi connectivity index (χ3v) is 10.6. The Morgan fingerprint density at radius 3 is 2.49 bits per heavy atom. The summed E-state index contributed by atoms with van der Waals surface area (Å²) < 4.78 is 67.7. The van der Waals surface area contributed by atoms with E-state index >= 15 is 0 Å². The van der Waals surface area contributed by atoms with Crippen LogP contribution in [0.2, 0.25) is 10.0 Å². The van der Waals surface area contributed by atoms with Crippen molar-refractivity contribution < 1.29 is 31.2 Å². The summed E-state index contributed by atoms with van der Waals surface area (Å²) in [5.41, 5.74) is -1.26. The summed E-state index contributed by atoms with van der Waals surface area (Å²) in [5, 5.41) is 5.82. The lowest BCUT2D eigenvalue weighted by atomic mass is 9.85. The van der Waals surface area contributed by atoms with E-state index in [0.717, 1.165) is 32.0 Å². The van der Waals surface area contributed by atoms with Crippen LogP contribution in [0.5, 0.6) is 0 Å². The summed E-state index contributed by atoms with van der Waals surface area (Å²) in [6, 6.07) is 6.10. The highest BCUT2D eigenvalue weighted by Gasteiger charge is 2.37. The maximum atomic E-state index is 14.3. The Kier molecular flexibility index (Phi) is 11.2. The lowest BCUT2D eigenvalue weighted by molar-refractivity contribution is -0.138. The zero-order valence-electron chi connectivity index (χ0n) is 23.9. The molecule has 2 saturated heterocycles. The smallest absolute Gasteiger partial charge is 0.348 e. The normalized spacial score (nSPS) is 18.9. The number of nitrogens with zero attached hydrogens (tertiary/aromatic N) is 1. The number of alkyl halides is 3. The highest BCUT2D eigenvalue weighted by molar-refractivity contribution is 7.91. The van der Waals surface area contributed by atoms with Crippen molar-refractivity contribution >= 4 is 44.7 Å². The minimum absolute atomic E-state index is 0.0156. The fourth-order valence-corrected chi connectivity index (χ4v) is 7.42. The number of carbonyl (C=O) groups excluding carboxylic acids is 2. The average molecular weight is 663 g/mol. The molecule has 1 amide bonds. The molecule has 0 aromatic heterocycles. The summed E-state index contributed by atoms with van der Waals surface area (Å²) in [5.74, 6) is -0.739. The lowest BCUT2D eigenvalue weighted by Gasteiger charge is -2.34. The van der Waals surface area contributed by atoms with Gasteiger partial charge in [0.1, 0.15) is 5.78 Å². The zero-order valence-corrected chi connectivity index (χ0v) is 26.2. The molecule has 0 bridgehead atoms. The summed E-state index contributed by atoms with van der Waals surface area (Å²) >= 11 is 12.4. The predicted molar refractivity (Wildman–Crippen MR) is 160 cm³/mol. The Bertz CT molecular complexity index is 1450. The van der Waals surface area contributed by atoms with Crippen LogP contribution in [0.4, 0.5) is 13.2 Å². The van der Waals surface area contributed by atoms with Gasteiger partial charge in [-0.25, -0.2) is 8.42 Å². The summed E-state index contributed by atoms with van der Waals surface area (Å²) in [7, 11) is -3.64. The number of amides is 1. The monoisotopic (exact) mass is 661 g/mol. The molecule has 0 unspecified atom stereocenters. The minimum Gasteiger partial charge on any atom is -0.348 e. The molecule has 1 atom stereocenters. The molecule has 7 nitrogen and oxygen atoms in total. The fraction of sp³-hybridized carbons (Fsp3) is 0.533. The number of piperidine rings is 2. The first-order valence-electron chi connectivity index (χ1n) is 14.4. The van der Waals surface area contributed by atoms with Gasteiger partial charge >= 0.3 is 6.18 Å². The molecule has 4 rings (SSSR count). The fourth-order valence-electron chi connectivity index (χ4n) is 5.83. The van der Waals surface area contributed by atoms with Crippen LogP contribution >= 0.6 is 23.2 Å². The summed E-state index contributed by atoms with van der Waals surface area (Å²) in [6.07, 6.45) is -0.978. The molecule has 13 heteroatoms. The van der Waals surface area contributed by atoms with Crippen molar-refractivity contribution in [1.82, 2.24) is 15.5 Å². The van der Waals surface area contributed by atoms with Gasteiger partial charge in [0.15, 0.2) is 9.84 Å². The number of Topliss-reactive ketones (excluding diaryl/α,β-unsaturated/α-hetero) is 1. The number of ketones is 1. The number of halogens is 5. The molecule has 0 aliphatic carbocycles. The first kappa shape index (κ1) is 33.7. The van der Waals surface area contributed by atoms with Crippen molar-refractivity contribution in [1.29, 1.82) is 0 Å². The van der Waals surface area contributed by atoms with Crippen molar-refractivity contribution in [3.63, 3.8) is 0 Å². The first-order valence-corrected chi connectivity index (χ1v) is 16.8. The minimum atomic E-state index is -4.79. The van der Waals surface area contributed by atoms with Crippen LogP contribution in [0.3, 0.4) is 0 Å². The van der Waals surface area contributed by atoms with Crippen LogP contribution in [0.25, 0.3) is 0 Å². The molecular weight excluding hydrogens is 626 g/mol. The Balaban J connectivity index is 1.49. The van der Waals surface area contributed by atoms with E-state index in [-0.39, 0.29) is 62.2 Å². The second-order valence-electron chi connectivity index (χ2n) is 11.3. The molecule has 2 fully saturated rings. The molecule has 2 aromatic rings. The van der Waals surface area contributed by atoms with E-state index < -0.39 is 27.5 Å². The number of sulfone groups is 1. The van der Waals surface area contributed by atoms with Gasteiger partial charge in [-0.05, 0) is 92.7 Å². The van der Waals surface area contributed by atoms with Crippen LogP contribution in [0.1, 0.15) is 66.1 Å². The number of benzene rings is 2. The Morgan fingerprint density at radius 1 is 1.09 bits per heavy atom. The molecule has 0 radical (unpaired) electrons. The van der Waals surface area contributed by atoms with Gasteiger partial charge in [0, 0.05) is 47.6 Å². The number of likely N-dealkylation sites (tertiary alicyclic amines) is 1. The standard InChI is InChI=1S/C30H36Cl2F3N3O4S/c1-2-43(41,42)28-6-5-23(31)13-22(28)16-37-29(40)21-14-25(30(33,34)35)24(26(32)15-21)18-38-11-3-4-20(17-38)27(39)12-19-7-9-36-10-8-19/h5-6,13-15,19-20,36H,2-4,7-12,16-18H2,1H3,(H,37,40)/t20-/m0/s1. The highest BCUT2D eigenvalue weighted by Crippen LogP contribution is 2.38. The lowest BCUT2D eigenvalue weighted by Crippen LogP contribution is -2.39. The van der Waals surface area contributed by atoms with Gasteiger partial charge < -0.3 is 10.6 Å². The second-order valence-corrected chi connectivity index (χ2v) is 14.3. The number of rotatable bonds is 10. The molecule has 2 aliphatic rings. The van der Waals surface area contributed by atoms with E-state index in [1.54, 1.807) is 0 Å². The molecule has 43 heavy (non-hydrogen) atoms. The van der Waals surface area contributed by atoms with Crippen LogP contribution in [0, 0.1) is 11.8 Å². The Labute approximate surface area is 260 Å². The number of hydrogen-bond acceptors (Lipinski definition) is 6. The third kappa shape index (κ3) is 8.72. The Hall–Kier alpha value is -2.18. The molecule has 236 valence electrons. The maximum Gasteiger partial charge on any atom is 0.416 e. The number of nitrogens with one attached hydrogen (secondary N) is 2. The van der Waals surface area contributed by atoms with Gasteiger partial charge in [0.2, 0.25) is 0 Å². The largest absolute Gasteiger partial charge is 0.416 e.